The molecule has 1 heterocycles. The lowest BCUT2D eigenvalue weighted by Crippen LogP contribution is -2.46. The third kappa shape index (κ3) is 2.21. The molecule has 2 atom stereocenters. The van der Waals surface area contributed by atoms with Crippen LogP contribution in [0, 0.1) is 5.92 Å². The fourth-order valence-electron chi connectivity index (χ4n) is 2.30. The van der Waals surface area contributed by atoms with Crippen molar-refractivity contribution in [3.05, 3.63) is 35.9 Å². The summed E-state index contributed by atoms with van der Waals surface area (Å²) in [6, 6.07) is 8.79. The summed E-state index contributed by atoms with van der Waals surface area (Å²) in [4.78, 5) is 25.6. The predicted molar refractivity (Wildman–Crippen MR) is 70.3 cm³/mol. The highest BCUT2D eigenvalue weighted by Crippen LogP contribution is 2.33. The van der Waals surface area contributed by atoms with E-state index in [9.17, 15) is 9.59 Å². The van der Waals surface area contributed by atoms with E-state index in [0.717, 1.165) is 5.56 Å². The number of hydrogen-bond acceptors (Lipinski definition) is 3. The molecule has 0 saturated carbocycles. The molecule has 2 rings (SSSR count). The first-order valence-electron chi connectivity index (χ1n) is 6.29. The molecular formula is C14H18N2O3. The number of benzene rings is 1. The minimum absolute atomic E-state index is 0.0250. The molecule has 5 heteroatoms. The number of amides is 3. The van der Waals surface area contributed by atoms with Gasteiger partial charge in [0.2, 0.25) is 0 Å². The van der Waals surface area contributed by atoms with Gasteiger partial charge in [-0.25, -0.2) is 4.79 Å². The van der Waals surface area contributed by atoms with E-state index in [1.54, 1.807) is 6.92 Å². The van der Waals surface area contributed by atoms with Gasteiger partial charge >= 0.3 is 6.03 Å². The Morgan fingerprint density at radius 3 is 2.53 bits per heavy atom. The Kier molecular flexibility index (Phi) is 3.57. The van der Waals surface area contributed by atoms with Crippen LogP contribution in [0.1, 0.15) is 19.4 Å². The number of aliphatic hydroxyl groups is 1. The zero-order chi connectivity index (χ0) is 14.0. The quantitative estimate of drug-likeness (QED) is 0.798. The molecule has 0 bridgehead atoms. The van der Waals surface area contributed by atoms with Gasteiger partial charge in [-0.15, -0.1) is 0 Å². The first-order chi connectivity index (χ1) is 9.00. The number of aliphatic hydroxyl groups excluding tert-OH is 1. The number of imide groups is 1. The highest BCUT2D eigenvalue weighted by Gasteiger charge is 2.50. The minimum Gasteiger partial charge on any atom is -0.396 e. The van der Waals surface area contributed by atoms with Crippen LogP contribution >= 0.6 is 0 Å². The lowest BCUT2D eigenvalue weighted by atomic mass is 9.90. The van der Waals surface area contributed by atoms with Crippen molar-refractivity contribution in [1.82, 2.24) is 10.2 Å². The van der Waals surface area contributed by atoms with Crippen LogP contribution in [0.5, 0.6) is 0 Å². The van der Waals surface area contributed by atoms with E-state index in [0.29, 0.717) is 6.54 Å². The van der Waals surface area contributed by atoms with Crippen molar-refractivity contribution < 1.29 is 14.7 Å². The first kappa shape index (κ1) is 13.5. The molecule has 0 aliphatic carbocycles. The van der Waals surface area contributed by atoms with Crippen LogP contribution in [0.2, 0.25) is 0 Å². The van der Waals surface area contributed by atoms with Gasteiger partial charge in [0.05, 0.1) is 0 Å². The Bertz CT molecular complexity index is 489. The Balaban J connectivity index is 2.39. The average molecular weight is 262 g/mol. The summed E-state index contributed by atoms with van der Waals surface area (Å²) in [5.41, 5.74) is -0.245. The number of nitrogens with one attached hydrogen (secondary N) is 1. The molecule has 102 valence electrons. The zero-order valence-electron chi connectivity index (χ0n) is 11.1. The van der Waals surface area contributed by atoms with E-state index in [4.69, 9.17) is 5.11 Å². The van der Waals surface area contributed by atoms with Crippen LogP contribution in [-0.4, -0.2) is 35.1 Å². The van der Waals surface area contributed by atoms with Crippen LogP contribution < -0.4 is 5.32 Å². The minimum atomic E-state index is -1.01. The zero-order valence-corrected chi connectivity index (χ0v) is 11.1. The molecule has 1 aromatic rings. The van der Waals surface area contributed by atoms with Gasteiger partial charge in [-0.05, 0) is 18.4 Å². The second-order valence-electron chi connectivity index (χ2n) is 5.10. The van der Waals surface area contributed by atoms with Gasteiger partial charge < -0.3 is 10.0 Å². The molecule has 1 aromatic carbocycles. The van der Waals surface area contributed by atoms with Gasteiger partial charge in [-0.2, -0.15) is 0 Å². The van der Waals surface area contributed by atoms with E-state index < -0.39 is 11.6 Å². The Hall–Kier alpha value is -1.88. The van der Waals surface area contributed by atoms with Gasteiger partial charge in [-0.1, -0.05) is 37.3 Å². The van der Waals surface area contributed by atoms with Crippen LogP contribution in [0.25, 0.3) is 0 Å². The molecule has 1 aliphatic rings. The normalized spacial score (nSPS) is 24.5. The van der Waals surface area contributed by atoms with Crippen molar-refractivity contribution in [3.63, 3.8) is 0 Å². The molecule has 2 N–H and O–H groups in total. The lowest BCUT2D eigenvalue weighted by Gasteiger charge is -2.33. The van der Waals surface area contributed by atoms with Gasteiger partial charge in [-0.3, -0.25) is 10.1 Å². The van der Waals surface area contributed by atoms with Gasteiger partial charge in [0.1, 0.15) is 5.54 Å². The van der Waals surface area contributed by atoms with E-state index >= 15 is 0 Å². The fourth-order valence-corrected chi connectivity index (χ4v) is 2.30. The number of urea groups is 1. The summed E-state index contributed by atoms with van der Waals surface area (Å²) < 4.78 is 0. The van der Waals surface area contributed by atoms with Crippen LogP contribution in [0.4, 0.5) is 4.79 Å². The molecule has 1 saturated heterocycles. The van der Waals surface area contributed by atoms with Crippen LogP contribution in [0.15, 0.2) is 30.3 Å². The van der Waals surface area contributed by atoms with Gasteiger partial charge in [0.15, 0.2) is 0 Å². The third-order valence-corrected chi connectivity index (χ3v) is 3.59. The molecule has 2 unspecified atom stereocenters. The molecule has 0 radical (unpaired) electrons. The standard InChI is InChI=1S/C14H18N2O3/c1-10(9-17)8-16-13(19)15-12(18)14(16,2)11-6-4-3-5-7-11/h3-7,10,17H,8-9H2,1-2H3,(H,15,18,19). The summed E-state index contributed by atoms with van der Waals surface area (Å²) in [6.07, 6.45) is 0. The highest BCUT2D eigenvalue weighted by molar-refractivity contribution is 6.07. The maximum atomic E-state index is 12.2. The molecule has 3 amide bonds. The maximum Gasteiger partial charge on any atom is 0.325 e. The summed E-state index contributed by atoms with van der Waals surface area (Å²) in [6.45, 7) is 3.87. The maximum absolute atomic E-state index is 12.2. The van der Waals surface area contributed by atoms with Gasteiger partial charge in [0.25, 0.3) is 5.91 Å². The van der Waals surface area contributed by atoms with E-state index in [2.05, 4.69) is 5.32 Å². The Morgan fingerprint density at radius 2 is 1.95 bits per heavy atom. The first-order valence-corrected chi connectivity index (χ1v) is 6.29. The van der Waals surface area contributed by atoms with Gasteiger partial charge in [0, 0.05) is 13.2 Å². The smallest absolute Gasteiger partial charge is 0.325 e. The highest BCUT2D eigenvalue weighted by atomic mass is 16.3. The van der Waals surface area contributed by atoms with E-state index in [1.165, 1.54) is 4.90 Å². The van der Waals surface area contributed by atoms with Crippen LogP contribution in [-0.2, 0) is 10.3 Å². The van der Waals surface area contributed by atoms with Crippen molar-refractivity contribution in [1.29, 1.82) is 0 Å². The van der Waals surface area contributed by atoms with Crippen molar-refractivity contribution in [2.24, 2.45) is 5.92 Å². The number of nitrogens with zero attached hydrogens (tertiary/aromatic N) is 1. The monoisotopic (exact) mass is 262 g/mol. The Morgan fingerprint density at radius 1 is 1.32 bits per heavy atom. The topological polar surface area (TPSA) is 69.6 Å². The van der Waals surface area contributed by atoms with Crippen molar-refractivity contribution in [3.8, 4) is 0 Å². The summed E-state index contributed by atoms with van der Waals surface area (Å²) in [5.74, 6) is -0.409. The summed E-state index contributed by atoms with van der Waals surface area (Å²) >= 11 is 0. The molecule has 19 heavy (non-hydrogen) atoms. The largest absolute Gasteiger partial charge is 0.396 e. The van der Waals surface area contributed by atoms with Crippen molar-refractivity contribution in [2.45, 2.75) is 19.4 Å². The van der Waals surface area contributed by atoms with Crippen molar-refractivity contribution >= 4 is 11.9 Å². The molecule has 1 fully saturated rings. The van der Waals surface area contributed by atoms with E-state index in [1.807, 2.05) is 37.3 Å². The number of hydrogen-bond donors (Lipinski definition) is 2. The second-order valence-corrected chi connectivity index (χ2v) is 5.10. The average Bonchev–Trinajstić information content (AvgIpc) is 2.64. The number of carbonyl (C=O) groups excluding carboxylic acids is 2. The molecular weight excluding hydrogens is 244 g/mol. The second kappa shape index (κ2) is 5.01. The molecule has 5 nitrogen and oxygen atoms in total. The summed E-state index contributed by atoms with van der Waals surface area (Å²) in [7, 11) is 0. The van der Waals surface area contributed by atoms with Crippen molar-refractivity contribution in [2.75, 3.05) is 13.2 Å². The molecule has 0 aromatic heterocycles. The molecule has 0 spiro atoms. The lowest BCUT2D eigenvalue weighted by molar-refractivity contribution is -0.126. The number of rotatable bonds is 4. The predicted octanol–water partition coefficient (Wildman–Crippen LogP) is 1.08. The fraction of sp³-hybridized carbons (Fsp3) is 0.429. The van der Waals surface area contributed by atoms with Crippen LogP contribution in [0.3, 0.4) is 0 Å². The third-order valence-electron chi connectivity index (χ3n) is 3.59. The van der Waals surface area contributed by atoms with E-state index in [-0.39, 0.29) is 18.4 Å². The molecule has 1 aliphatic heterocycles. The Labute approximate surface area is 112 Å². The summed E-state index contributed by atoms with van der Waals surface area (Å²) in [5, 5.41) is 11.5. The SMILES string of the molecule is CC(CO)CN1C(=O)NC(=O)C1(C)c1ccccc1. The number of carbonyl (C=O) groups is 2.